The standard InChI is InChI=1S/C22H29N3O4S/c1-6-29-19-14-12-18(13-15-19)25(30(27,28)20-10-8-7-9-11-20)16-21(26)24-23-17(2)22(3,4)5/h7-15H,6,16H2,1-5H3,(H,24,26)/b23-17-. The maximum absolute atomic E-state index is 13.3. The molecule has 0 atom stereocenters. The number of nitrogens with zero attached hydrogens (tertiary/aromatic N) is 2. The first-order valence-corrected chi connectivity index (χ1v) is 11.1. The lowest BCUT2D eigenvalue weighted by molar-refractivity contribution is -0.119. The van der Waals surface area contributed by atoms with E-state index < -0.39 is 22.5 Å². The Kier molecular flexibility index (Phi) is 7.61. The molecular formula is C22H29N3O4S. The van der Waals surface area contributed by atoms with Gasteiger partial charge in [0.1, 0.15) is 12.3 Å². The van der Waals surface area contributed by atoms with E-state index in [1.165, 1.54) is 12.1 Å². The number of anilines is 1. The highest BCUT2D eigenvalue weighted by Crippen LogP contribution is 2.25. The van der Waals surface area contributed by atoms with Crippen molar-refractivity contribution < 1.29 is 17.9 Å². The Morgan fingerprint density at radius 1 is 1.07 bits per heavy atom. The molecule has 0 saturated heterocycles. The highest BCUT2D eigenvalue weighted by atomic mass is 32.2. The van der Waals surface area contributed by atoms with E-state index in [9.17, 15) is 13.2 Å². The minimum Gasteiger partial charge on any atom is -0.494 e. The van der Waals surface area contributed by atoms with Crippen molar-refractivity contribution in [1.82, 2.24) is 5.43 Å². The summed E-state index contributed by atoms with van der Waals surface area (Å²) in [6.07, 6.45) is 0. The molecule has 0 bridgehead atoms. The SMILES string of the molecule is CCOc1ccc(N(CC(=O)N/N=C(/C)C(C)(C)C)S(=O)(=O)c2ccccc2)cc1. The maximum Gasteiger partial charge on any atom is 0.264 e. The van der Waals surface area contributed by atoms with Crippen LogP contribution in [0.1, 0.15) is 34.6 Å². The van der Waals surface area contributed by atoms with E-state index in [4.69, 9.17) is 4.74 Å². The number of ether oxygens (including phenoxy) is 1. The Morgan fingerprint density at radius 2 is 1.67 bits per heavy atom. The summed E-state index contributed by atoms with van der Waals surface area (Å²) in [7, 11) is -3.96. The highest BCUT2D eigenvalue weighted by molar-refractivity contribution is 7.92. The molecule has 2 aromatic rings. The van der Waals surface area contributed by atoms with Gasteiger partial charge in [-0.2, -0.15) is 5.10 Å². The van der Waals surface area contributed by atoms with Crippen molar-refractivity contribution in [2.75, 3.05) is 17.5 Å². The summed E-state index contributed by atoms with van der Waals surface area (Å²) in [5, 5.41) is 4.11. The maximum atomic E-state index is 13.3. The van der Waals surface area contributed by atoms with Gasteiger partial charge in [0.05, 0.1) is 17.2 Å². The first-order valence-electron chi connectivity index (χ1n) is 9.70. The van der Waals surface area contributed by atoms with Gasteiger partial charge in [0.2, 0.25) is 0 Å². The molecule has 0 aliphatic carbocycles. The quantitative estimate of drug-likeness (QED) is 0.508. The van der Waals surface area contributed by atoms with E-state index in [0.29, 0.717) is 18.0 Å². The van der Waals surface area contributed by atoms with E-state index in [0.717, 1.165) is 10.0 Å². The number of nitrogens with one attached hydrogen (secondary N) is 1. The molecule has 0 spiro atoms. The number of carbonyl (C=O) groups excluding carboxylic acids is 1. The predicted molar refractivity (Wildman–Crippen MR) is 119 cm³/mol. The van der Waals surface area contributed by atoms with Crippen molar-refractivity contribution in [3.63, 3.8) is 0 Å². The van der Waals surface area contributed by atoms with Gasteiger partial charge in [-0.15, -0.1) is 0 Å². The van der Waals surface area contributed by atoms with Gasteiger partial charge >= 0.3 is 0 Å². The third-order valence-electron chi connectivity index (χ3n) is 4.49. The van der Waals surface area contributed by atoms with Crippen molar-refractivity contribution in [2.45, 2.75) is 39.5 Å². The molecule has 0 aliphatic heterocycles. The lowest BCUT2D eigenvalue weighted by Crippen LogP contribution is -2.40. The fourth-order valence-electron chi connectivity index (χ4n) is 2.39. The Bertz CT molecular complexity index is 979. The molecule has 2 rings (SSSR count). The van der Waals surface area contributed by atoms with Crippen molar-refractivity contribution in [2.24, 2.45) is 10.5 Å². The monoisotopic (exact) mass is 431 g/mol. The van der Waals surface area contributed by atoms with E-state index in [1.54, 1.807) is 42.5 Å². The molecule has 0 heterocycles. The van der Waals surface area contributed by atoms with Crippen LogP contribution in [-0.4, -0.2) is 33.2 Å². The molecule has 1 N–H and O–H groups in total. The summed E-state index contributed by atoms with van der Waals surface area (Å²) < 4.78 is 33.0. The van der Waals surface area contributed by atoms with Crippen LogP contribution < -0.4 is 14.5 Å². The van der Waals surface area contributed by atoms with E-state index >= 15 is 0 Å². The first kappa shape index (κ1) is 23.4. The topological polar surface area (TPSA) is 88.1 Å². The Hall–Kier alpha value is -2.87. The molecule has 0 fully saturated rings. The molecular weight excluding hydrogens is 402 g/mol. The fourth-order valence-corrected chi connectivity index (χ4v) is 3.83. The lowest BCUT2D eigenvalue weighted by Gasteiger charge is -2.24. The molecule has 2 aromatic carbocycles. The molecule has 0 unspecified atom stereocenters. The fraction of sp³-hybridized carbons (Fsp3) is 0.364. The predicted octanol–water partition coefficient (Wildman–Crippen LogP) is 3.82. The van der Waals surface area contributed by atoms with Crippen molar-refractivity contribution in [1.29, 1.82) is 0 Å². The second-order valence-corrected chi connectivity index (χ2v) is 9.60. The zero-order valence-corrected chi connectivity index (χ0v) is 18.9. The van der Waals surface area contributed by atoms with Gasteiger partial charge in [0.25, 0.3) is 15.9 Å². The molecule has 30 heavy (non-hydrogen) atoms. The van der Waals surface area contributed by atoms with Gasteiger partial charge in [0.15, 0.2) is 0 Å². The molecule has 1 amide bonds. The van der Waals surface area contributed by atoms with E-state index in [-0.39, 0.29) is 10.3 Å². The van der Waals surface area contributed by atoms with Gasteiger partial charge in [-0.05, 0) is 50.2 Å². The summed E-state index contributed by atoms with van der Waals surface area (Å²) in [4.78, 5) is 12.7. The molecule has 0 aromatic heterocycles. The largest absolute Gasteiger partial charge is 0.494 e. The average molecular weight is 432 g/mol. The Labute approximate surface area is 178 Å². The number of benzene rings is 2. The van der Waals surface area contributed by atoms with Gasteiger partial charge in [-0.1, -0.05) is 39.0 Å². The van der Waals surface area contributed by atoms with Crippen LogP contribution >= 0.6 is 0 Å². The normalized spacial score (nSPS) is 12.4. The van der Waals surface area contributed by atoms with Crippen LogP contribution in [0.5, 0.6) is 5.75 Å². The summed E-state index contributed by atoms with van der Waals surface area (Å²) in [6.45, 7) is 9.69. The highest BCUT2D eigenvalue weighted by Gasteiger charge is 2.27. The molecule has 0 aliphatic rings. The number of carbonyl (C=O) groups is 1. The number of rotatable bonds is 8. The number of sulfonamides is 1. The second kappa shape index (κ2) is 9.75. The molecule has 0 saturated carbocycles. The van der Waals surface area contributed by atoms with E-state index in [2.05, 4.69) is 10.5 Å². The van der Waals surface area contributed by atoms with Gasteiger partial charge < -0.3 is 4.74 Å². The van der Waals surface area contributed by atoms with Crippen LogP contribution in [0.4, 0.5) is 5.69 Å². The van der Waals surface area contributed by atoms with Gasteiger partial charge in [-0.3, -0.25) is 9.10 Å². The average Bonchev–Trinajstić information content (AvgIpc) is 2.71. The zero-order valence-electron chi connectivity index (χ0n) is 18.0. The third kappa shape index (κ3) is 6.06. The van der Waals surface area contributed by atoms with Gasteiger partial charge in [-0.25, -0.2) is 13.8 Å². The molecule has 8 heteroatoms. The van der Waals surface area contributed by atoms with Crippen LogP contribution in [0.3, 0.4) is 0 Å². The van der Waals surface area contributed by atoms with E-state index in [1.807, 2.05) is 34.6 Å². The van der Waals surface area contributed by atoms with Crippen molar-refractivity contribution in [3.05, 3.63) is 54.6 Å². The lowest BCUT2D eigenvalue weighted by atomic mass is 9.91. The Balaban J connectivity index is 2.35. The Morgan fingerprint density at radius 3 is 2.20 bits per heavy atom. The number of hydrazone groups is 1. The molecule has 0 radical (unpaired) electrons. The number of amides is 1. The minimum atomic E-state index is -3.96. The summed E-state index contributed by atoms with van der Waals surface area (Å²) in [5.74, 6) is 0.0835. The third-order valence-corrected chi connectivity index (χ3v) is 6.28. The van der Waals surface area contributed by atoms with Crippen LogP contribution in [0, 0.1) is 5.41 Å². The molecule has 162 valence electrons. The van der Waals surface area contributed by atoms with Crippen LogP contribution in [0.2, 0.25) is 0 Å². The number of hydrogen-bond acceptors (Lipinski definition) is 5. The number of hydrogen-bond donors (Lipinski definition) is 1. The first-order chi connectivity index (χ1) is 14.1. The van der Waals surface area contributed by atoms with Crippen LogP contribution in [0.15, 0.2) is 64.6 Å². The van der Waals surface area contributed by atoms with Gasteiger partial charge in [0, 0.05) is 11.1 Å². The molecule has 7 nitrogen and oxygen atoms in total. The second-order valence-electron chi connectivity index (χ2n) is 7.73. The summed E-state index contributed by atoms with van der Waals surface area (Å²) >= 11 is 0. The summed E-state index contributed by atoms with van der Waals surface area (Å²) in [5.41, 5.74) is 3.34. The smallest absolute Gasteiger partial charge is 0.264 e. The van der Waals surface area contributed by atoms with Crippen molar-refractivity contribution in [3.8, 4) is 5.75 Å². The summed E-state index contributed by atoms with van der Waals surface area (Å²) in [6, 6.07) is 14.6. The van der Waals surface area contributed by atoms with Crippen LogP contribution in [-0.2, 0) is 14.8 Å². The van der Waals surface area contributed by atoms with Crippen LogP contribution in [0.25, 0.3) is 0 Å². The van der Waals surface area contributed by atoms with Crippen molar-refractivity contribution >= 4 is 27.3 Å². The minimum absolute atomic E-state index is 0.0982. The zero-order chi connectivity index (χ0) is 22.4.